The van der Waals surface area contributed by atoms with Crippen LogP contribution >= 0.6 is 12.6 Å². The molecule has 92 valence electrons. The molecule has 0 saturated heterocycles. The van der Waals surface area contributed by atoms with Crippen molar-refractivity contribution in [2.45, 2.75) is 11.5 Å². The summed E-state index contributed by atoms with van der Waals surface area (Å²) >= 11 is 4.12. The third-order valence-electron chi connectivity index (χ3n) is 2.41. The van der Waals surface area contributed by atoms with Gasteiger partial charge in [0.15, 0.2) is 0 Å². The monoisotopic (exact) mass is 260 g/mol. The molecule has 0 aliphatic heterocycles. The van der Waals surface area contributed by atoms with Crippen LogP contribution in [0.3, 0.4) is 0 Å². The molecule has 0 unspecified atom stereocenters. The van der Waals surface area contributed by atoms with Crippen molar-refractivity contribution < 1.29 is 14.6 Å². The van der Waals surface area contributed by atoms with Crippen molar-refractivity contribution in [1.82, 2.24) is 0 Å². The second kappa shape index (κ2) is 5.60. The van der Waals surface area contributed by atoms with E-state index in [-0.39, 0.29) is 17.9 Å². The maximum Gasteiger partial charge on any atom is 0.342 e. The SMILES string of the molecule is O=C(OCc1ccccc1)c1cc(S)ccc1O. The molecular formula is C14H12O3S. The fourth-order valence-electron chi connectivity index (χ4n) is 1.49. The van der Waals surface area contributed by atoms with E-state index in [1.165, 1.54) is 12.1 Å². The lowest BCUT2D eigenvalue weighted by Gasteiger charge is -2.06. The average Bonchev–Trinajstić information content (AvgIpc) is 2.40. The first-order chi connectivity index (χ1) is 8.66. The van der Waals surface area contributed by atoms with Crippen molar-refractivity contribution >= 4 is 18.6 Å². The lowest BCUT2D eigenvalue weighted by Crippen LogP contribution is -2.05. The van der Waals surface area contributed by atoms with Crippen LogP contribution in [0.1, 0.15) is 15.9 Å². The highest BCUT2D eigenvalue weighted by atomic mass is 32.1. The number of hydrogen-bond donors (Lipinski definition) is 2. The Balaban J connectivity index is 2.06. The predicted molar refractivity (Wildman–Crippen MR) is 70.9 cm³/mol. The van der Waals surface area contributed by atoms with Crippen molar-refractivity contribution in [1.29, 1.82) is 0 Å². The van der Waals surface area contributed by atoms with Crippen molar-refractivity contribution in [2.24, 2.45) is 0 Å². The largest absolute Gasteiger partial charge is 0.507 e. The van der Waals surface area contributed by atoms with Gasteiger partial charge in [0.2, 0.25) is 0 Å². The molecule has 0 amide bonds. The summed E-state index contributed by atoms with van der Waals surface area (Å²) in [6, 6.07) is 13.9. The minimum absolute atomic E-state index is 0.106. The lowest BCUT2D eigenvalue weighted by atomic mass is 10.2. The van der Waals surface area contributed by atoms with Crippen LogP contribution in [0.4, 0.5) is 0 Å². The molecule has 1 N–H and O–H groups in total. The first-order valence-electron chi connectivity index (χ1n) is 5.40. The molecule has 2 aromatic carbocycles. The number of hydrogen-bond acceptors (Lipinski definition) is 4. The van der Waals surface area contributed by atoms with Gasteiger partial charge in [-0.15, -0.1) is 12.6 Å². The zero-order chi connectivity index (χ0) is 13.0. The summed E-state index contributed by atoms with van der Waals surface area (Å²) in [5.41, 5.74) is 1.02. The van der Waals surface area contributed by atoms with Crippen LogP contribution in [0.2, 0.25) is 0 Å². The summed E-state index contributed by atoms with van der Waals surface area (Å²) in [5, 5.41) is 9.57. The van der Waals surface area contributed by atoms with E-state index in [1.54, 1.807) is 6.07 Å². The molecule has 4 heteroatoms. The molecule has 0 aromatic heterocycles. The summed E-state index contributed by atoms with van der Waals surface area (Å²) in [5.74, 6) is -0.668. The first-order valence-corrected chi connectivity index (χ1v) is 5.84. The van der Waals surface area contributed by atoms with Gasteiger partial charge in [0.05, 0.1) is 0 Å². The van der Waals surface area contributed by atoms with Gasteiger partial charge in [0.1, 0.15) is 17.9 Å². The number of benzene rings is 2. The van der Waals surface area contributed by atoms with E-state index >= 15 is 0 Å². The third kappa shape index (κ3) is 3.05. The maximum atomic E-state index is 11.8. The Labute approximate surface area is 110 Å². The zero-order valence-electron chi connectivity index (χ0n) is 9.54. The van der Waals surface area contributed by atoms with E-state index in [2.05, 4.69) is 12.6 Å². The van der Waals surface area contributed by atoms with Gasteiger partial charge in [-0.2, -0.15) is 0 Å². The van der Waals surface area contributed by atoms with Crippen LogP contribution < -0.4 is 0 Å². The highest BCUT2D eigenvalue weighted by Crippen LogP contribution is 2.21. The third-order valence-corrected chi connectivity index (χ3v) is 2.69. The molecule has 18 heavy (non-hydrogen) atoms. The van der Waals surface area contributed by atoms with Gasteiger partial charge in [-0.1, -0.05) is 30.3 Å². The van der Waals surface area contributed by atoms with Crippen LogP contribution in [-0.4, -0.2) is 11.1 Å². The standard InChI is InChI=1S/C14H12O3S/c15-13-7-6-11(18)8-12(13)14(16)17-9-10-4-2-1-3-5-10/h1-8,15,18H,9H2. The number of phenols is 1. The highest BCUT2D eigenvalue weighted by Gasteiger charge is 2.12. The fraction of sp³-hybridized carbons (Fsp3) is 0.0714. The number of carbonyl (C=O) groups is 1. The van der Waals surface area contributed by atoms with E-state index in [1.807, 2.05) is 30.3 Å². The van der Waals surface area contributed by atoms with Gasteiger partial charge in [-0.25, -0.2) is 4.79 Å². The number of carbonyl (C=O) groups excluding carboxylic acids is 1. The summed E-state index contributed by atoms with van der Waals surface area (Å²) in [6.07, 6.45) is 0. The molecule has 0 aliphatic carbocycles. The zero-order valence-corrected chi connectivity index (χ0v) is 10.4. The summed E-state index contributed by atoms with van der Waals surface area (Å²) in [7, 11) is 0. The van der Waals surface area contributed by atoms with Gasteiger partial charge in [-0.3, -0.25) is 0 Å². The number of esters is 1. The van der Waals surface area contributed by atoms with E-state index < -0.39 is 5.97 Å². The minimum atomic E-state index is -0.563. The Hall–Kier alpha value is -1.94. The van der Waals surface area contributed by atoms with Crippen LogP contribution in [-0.2, 0) is 11.3 Å². The number of ether oxygens (including phenoxy) is 1. The lowest BCUT2D eigenvalue weighted by molar-refractivity contribution is 0.0469. The Morgan fingerprint density at radius 1 is 1.17 bits per heavy atom. The van der Waals surface area contributed by atoms with E-state index in [0.717, 1.165) is 5.56 Å². The van der Waals surface area contributed by atoms with Gasteiger partial charge in [-0.05, 0) is 23.8 Å². The van der Waals surface area contributed by atoms with Crippen LogP contribution in [0.25, 0.3) is 0 Å². The smallest absolute Gasteiger partial charge is 0.342 e. The predicted octanol–water partition coefficient (Wildman–Crippen LogP) is 3.04. The molecule has 0 bridgehead atoms. The number of rotatable bonds is 3. The Bertz CT molecular complexity index is 552. The van der Waals surface area contributed by atoms with Crippen molar-refractivity contribution in [3.8, 4) is 5.75 Å². The topological polar surface area (TPSA) is 46.5 Å². The van der Waals surface area contributed by atoms with E-state index in [9.17, 15) is 9.90 Å². The molecule has 0 spiro atoms. The van der Waals surface area contributed by atoms with Gasteiger partial charge >= 0.3 is 5.97 Å². The molecular weight excluding hydrogens is 248 g/mol. The van der Waals surface area contributed by atoms with E-state index in [4.69, 9.17) is 4.74 Å². The molecule has 2 aromatic rings. The normalized spacial score (nSPS) is 10.1. The Morgan fingerprint density at radius 3 is 2.61 bits per heavy atom. The Morgan fingerprint density at radius 2 is 1.89 bits per heavy atom. The number of phenolic OH excluding ortho intramolecular Hbond substituents is 1. The summed E-state index contributed by atoms with van der Waals surface area (Å²) in [4.78, 5) is 12.4. The molecule has 0 radical (unpaired) electrons. The second-order valence-corrected chi connectivity index (χ2v) is 4.28. The van der Waals surface area contributed by atoms with Crippen LogP contribution in [0.15, 0.2) is 53.4 Å². The maximum absolute atomic E-state index is 11.8. The van der Waals surface area contributed by atoms with Gasteiger partial charge in [0, 0.05) is 4.90 Å². The summed E-state index contributed by atoms with van der Waals surface area (Å²) < 4.78 is 5.12. The van der Waals surface area contributed by atoms with Gasteiger partial charge < -0.3 is 9.84 Å². The molecule has 0 aliphatic rings. The number of thiol groups is 1. The number of aromatic hydroxyl groups is 1. The molecule has 0 fully saturated rings. The van der Waals surface area contributed by atoms with Crippen molar-refractivity contribution in [3.63, 3.8) is 0 Å². The van der Waals surface area contributed by atoms with E-state index in [0.29, 0.717) is 4.90 Å². The molecule has 0 heterocycles. The second-order valence-electron chi connectivity index (χ2n) is 3.76. The average molecular weight is 260 g/mol. The molecule has 2 rings (SSSR count). The molecule has 0 saturated carbocycles. The van der Waals surface area contributed by atoms with Crippen LogP contribution in [0, 0.1) is 0 Å². The molecule has 0 atom stereocenters. The Kier molecular flexibility index (Phi) is 3.89. The van der Waals surface area contributed by atoms with Crippen LogP contribution in [0.5, 0.6) is 5.75 Å². The van der Waals surface area contributed by atoms with Gasteiger partial charge in [0.25, 0.3) is 0 Å². The minimum Gasteiger partial charge on any atom is -0.507 e. The quantitative estimate of drug-likeness (QED) is 0.658. The summed E-state index contributed by atoms with van der Waals surface area (Å²) in [6.45, 7) is 0.177. The molecule has 3 nitrogen and oxygen atoms in total. The fourth-order valence-corrected chi connectivity index (χ4v) is 1.69. The van der Waals surface area contributed by atoms with Crippen molar-refractivity contribution in [2.75, 3.05) is 0 Å². The van der Waals surface area contributed by atoms with Crippen molar-refractivity contribution in [3.05, 3.63) is 59.7 Å². The highest BCUT2D eigenvalue weighted by molar-refractivity contribution is 7.80. The first kappa shape index (κ1) is 12.5.